The van der Waals surface area contributed by atoms with Crippen molar-refractivity contribution in [1.82, 2.24) is 0 Å². The average Bonchev–Trinajstić information content (AvgIpc) is 2.07. The number of benzene rings is 1. The number of rotatable bonds is 1. The van der Waals surface area contributed by atoms with Crippen molar-refractivity contribution in [3.05, 3.63) is 34.6 Å². The van der Waals surface area contributed by atoms with Crippen LogP contribution >= 0.6 is 11.6 Å². The summed E-state index contributed by atoms with van der Waals surface area (Å²) >= 11 is 5.84. The molecule has 1 aromatic carbocycles. The molecule has 0 saturated heterocycles. The molecule has 0 amide bonds. The standard InChI is InChI=1S/C11H15ClFN/c1-11(2,3)10(14)7-5-4-6-8(13)9(7)12/h4-6,10H,14H2,1-3H3/t10-/m1/s1. The number of hydrogen-bond acceptors (Lipinski definition) is 1. The second kappa shape index (κ2) is 3.87. The van der Waals surface area contributed by atoms with Crippen LogP contribution < -0.4 is 5.73 Å². The van der Waals surface area contributed by atoms with E-state index >= 15 is 0 Å². The lowest BCUT2D eigenvalue weighted by Crippen LogP contribution is -2.26. The molecule has 0 saturated carbocycles. The Labute approximate surface area is 89.1 Å². The van der Waals surface area contributed by atoms with Crippen LogP contribution in [0.15, 0.2) is 18.2 Å². The van der Waals surface area contributed by atoms with Crippen molar-refractivity contribution in [2.45, 2.75) is 26.8 Å². The molecule has 0 fully saturated rings. The van der Waals surface area contributed by atoms with Crippen molar-refractivity contribution in [2.75, 3.05) is 0 Å². The first-order chi connectivity index (χ1) is 6.34. The van der Waals surface area contributed by atoms with E-state index in [1.807, 2.05) is 20.8 Å². The lowest BCUT2D eigenvalue weighted by atomic mass is 9.83. The third-order valence-electron chi connectivity index (χ3n) is 2.25. The van der Waals surface area contributed by atoms with Crippen LogP contribution in [0.1, 0.15) is 32.4 Å². The van der Waals surface area contributed by atoms with Gasteiger partial charge in [0.2, 0.25) is 0 Å². The molecule has 1 nitrogen and oxygen atoms in total. The topological polar surface area (TPSA) is 26.0 Å². The maximum absolute atomic E-state index is 13.1. The summed E-state index contributed by atoms with van der Waals surface area (Å²) in [7, 11) is 0. The summed E-state index contributed by atoms with van der Waals surface area (Å²) in [6.07, 6.45) is 0. The summed E-state index contributed by atoms with van der Waals surface area (Å²) in [5.41, 5.74) is 6.53. The van der Waals surface area contributed by atoms with Crippen LogP contribution in [0.3, 0.4) is 0 Å². The minimum absolute atomic E-state index is 0.128. The van der Waals surface area contributed by atoms with Crippen LogP contribution in [0.5, 0.6) is 0 Å². The molecule has 2 N–H and O–H groups in total. The highest BCUT2D eigenvalue weighted by atomic mass is 35.5. The second-order valence-corrected chi connectivity index (χ2v) is 4.86. The fourth-order valence-corrected chi connectivity index (χ4v) is 1.47. The van der Waals surface area contributed by atoms with Crippen LogP contribution in [0.4, 0.5) is 4.39 Å². The van der Waals surface area contributed by atoms with E-state index in [0.29, 0.717) is 5.56 Å². The predicted molar refractivity (Wildman–Crippen MR) is 57.8 cm³/mol. The van der Waals surface area contributed by atoms with E-state index in [2.05, 4.69) is 0 Å². The molecule has 1 rings (SSSR count). The maximum Gasteiger partial charge on any atom is 0.142 e. The fourth-order valence-electron chi connectivity index (χ4n) is 1.23. The summed E-state index contributed by atoms with van der Waals surface area (Å²) in [6.45, 7) is 6.00. The highest BCUT2D eigenvalue weighted by Crippen LogP contribution is 2.34. The Morgan fingerprint density at radius 1 is 1.36 bits per heavy atom. The Hall–Kier alpha value is -0.600. The van der Waals surface area contributed by atoms with Crippen molar-refractivity contribution < 1.29 is 4.39 Å². The van der Waals surface area contributed by atoms with Crippen molar-refractivity contribution >= 4 is 11.6 Å². The molecule has 0 spiro atoms. The fraction of sp³-hybridized carbons (Fsp3) is 0.455. The highest BCUT2D eigenvalue weighted by Gasteiger charge is 2.24. The summed E-state index contributed by atoms with van der Waals surface area (Å²) in [5, 5.41) is 0.134. The molecule has 0 aliphatic rings. The zero-order valence-corrected chi connectivity index (χ0v) is 9.40. The van der Waals surface area contributed by atoms with Gasteiger partial charge in [0, 0.05) is 6.04 Å². The first-order valence-electron chi connectivity index (χ1n) is 4.53. The molecule has 0 radical (unpaired) electrons. The van der Waals surface area contributed by atoms with E-state index in [1.165, 1.54) is 6.07 Å². The van der Waals surface area contributed by atoms with Crippen molar-refractivity contribution in [2.24, 2.45) is 11.1 Å². The quantitative estimate of drug-likeness (QED) is 0.762. The van der Waals surface area contributed by atoms with E-state index in [9.17, 15) is 4.39 Å². The van der Waals surface area contributed by atoms with Gasteiger partial charge in [0.1, 0.15) is 5.82 Å². The molecule has 1 atom stereocenters. The van der Waals surface area contributed by atoms with Gasteiger partial charge in [0.25, 0.3) is 0 Å². The largest absolute Gasteiger partial charge is 0.323 e. The van der Waals surface area contributed by atoms with Crippen LogP contribution in [0.2, 0.25) is 5.02 Å². The monoisotopic (exact) mass is 215 g/mol. The second-order valence-electron chi connectivity index (χ2n) is 4.49. The summed E-state index contributed by atoms with van der Waals surface area (Å²) < 4.78 is 13.1. The Morgan fingerprint density at radius 2 is 1.93 bits per heavy atom. The average molecular weight is 216 g/mol. The molecule has 0 heterocycles. The first kappa shape index (κ1) is 11.5. The van der Waals surface area contributed by atoms with Crippen LogP contribution in [0.25, 0.3) is 0 Å². The van der Waals surface area contributed by atoms with E-state index in [-0.39, 0.29) is 16.5 Å². The molecule has 3 heteroatoms. The highest BCUT2D eigenvalue weighted by molar-refractivity contribution is 6.31. The molecular weight excluding hydrogens is 201 g/mol. The van der Waals surface area contributed by atoms with Gasteiger partial charge in [0.05, 0.1) is 5.02 Å². The molecule has 0 aliphatic heterocycles. The van der Waals surface area contributed by atoms with Gasteiger partial charge < -0.3 is 5.73 Å². The maximum atomic E-state index is 13.1. The van der Waals surface area contributed by atoms with E-state index in [0.717, 1.165) is 0 Å². The summed E-state index contributed by atoms with van der Waals surface area (Å²) in [4.78, 5) is 0. The normalized spacial score (nSPS) is 14.1. The molecular formula is C11H15ClFN. The SMILES string of the molecule is CC(C)(C)[C@H](N)c1cccc(F)c1Cl. The molecule has 0 aliphatic carbocycles. The molecule has 78 valence electrons. The number of nitrogens with two attached hydrogens (primary N) is 1. The smallest absolute Gasteiger partial charge is 0.142 e. The zero-order valence-electron chi connectivity index (χ0n) is 8.64. The first-order valence-corrected chi connectivity index (χ1v) is 4.91. The minimum Gasteiger partial charge on any atom is -0.323 e. The summed E-state index contributed by atoms with van der Waals surface area (Å²) in [5.74, 6) is -0.413. The molecule has 0 bridgehead atoms. The molecule has 1 aromatic rings. The summed E-state index contributed by atoms with van der Waals surface area (Å²) in [6, 6.07) is 4.47. The van der Waals surface area contributed by atoms with Gasteiger partial charge in [0.15, 0.2) is 0 Å². The van der Waals surface area contributed by atoms with Gasteiger partial charge in [-0.15, -0.1) is 0 Å². The lowest BCUT2D eigenvalue weighted by Gasteiger charge is -2.28. The van der Waals surface area contributed by atoms with Crippen LogP contribution in [0, 0.1) is 11.2 Å². The Bertz CT molecular complexity index is 331. The van der Waals surface area contributed by atoms with Gasteiger partial charge in [-0.2, -0.15) is 0 Å². The van der Waals surface area contributed by atoms with Gasteiger partial charge in [-0.3, -0.25) is 0 Å². The third-order valence-corrected chi connectivity index (χ3v) is 2.65. The van der Waals surface area contributed by atoms with Crippen molar-refractivity contribution in [1.29, 1.82) is 0 Å². The molecule has 0 aromatic heterocycles. The van der Waals surface area contributed by atoms with E-state index < -0.39 is 5.82 Å². The Kier molecular flexibility index (Phi) is 3.17. The third kappa shape index (κ3) is 2.25. The Morgan fingerprint density at radius 3 is 2.43 bits per heavy atom. The van der Waals surface area contributed by atoms with E-state index in [1.54, 1.807) is 12.1 Å². The number of halogens is 2. The number of hydrogen-bond donors (Lipinski definition) is 1. The van der Waals surface area contributed by atoms with Crippen LogP contribution in [-0.4, -0.2) is 0 Å². The van der Waals surface area contributed by atoms with Crippen molar-refractivity contribution in [3.63, 3.8) is 0 Å². The predicted octanol–water partition coefficient (Wildman–Crippen LogP) is 3.53. The molecule has 14 heavy (non-hydrogen) atoms. The zero-order chi connectivity index (χ0) is 10.9. The van der Waals surface area contributed by atoms with Gasteiger partial charge in [-0.05, 0) is 17.0 Å². The van der Waals surface area contributed by atoms with E-state index in [4.69, 9.17) is 17.3 Å². The van der Waals surface area contributed by atoms with Gasteiger partial charge in [-0.1, -0.05) is 44.5 Å². The minimum atomic E-state index is -0.413. The van der Waals surface area contributed by atoms with Crippen LogP contribution in [-0.2, 0) is 0 Å². The lowest BCUT2D eigenvalue weighted by molar-refractivity contribution is 0.326. The Balaban J connectivity index is 3.14. The van der Waals surface area contributed by atoms with Crippen molar-refractivity contribution in [3.8, 4) is 0 Å². The molecule has 0 unspecified atom stereocenters. The van der Waals surface area contributed by atoms with Gasteiger partial charge >= 0.3 is 0 Å². The van der Waals surface area contributed by atoms with Gasteiger partial charge in [-0.25, -0.2) is 4.39 Å².